The summed E-state index contributed by atoms with van der Waals surface area (Å²) in [6, 6.07) is -0.00413. The van der Waals surface area contributed by atoms with Crippen LogP contribution in [-0.2, 0) is 11.3 Å². The number of rotatable bonds is 5. The van der Waals surface area contributed by atoms with Gasteiger partial charge in [0.15, 0.2) is 0 Å². The van der Waals surface area contributed by atoms with E-state index in [0.717, 1.165) is 36.3 Å². The first-order valence-electron chi connectivity index (χ1n) is 9.56. The Morgan fingerprint density at radius 3 is 2.32 bits per heavy atom. The summed E-state index contributed by atoms with van der Waals surface area (Å²) in [5.74, 6) is 0.563. The Morgan fingerprint density at radius 2 is 1.84 bits per heavy atom. The van der Waals surface area contributed by atoms with E-state index in [1.807, 2.05) is 11.6 Å². The van der Waals surface area contributed by atoms with Crippen LogP contribution in [0.5, 0.6) is 0 Å². The largest absolute Gasteiger partial charge is 0.349 e. The van der Waals surface area contributed by atoms with Crippen LogP contribution in [0.1, 0.15) is 83.8 Å². The summed E-state index contributed by atoms with van der Waals surface area (Å²) in [4.78, 5) is 12.7. The summed E-state index contributed by atoms with van der Waals surface area (Å²) in [5.41, 5.74) is 3.47. The molecule has 1 amide bonds. The molecule has 1 saturated heterocycles. The van der Waals surface area contributed by atoms with Crippen LogP contribution in [0.15, 0.2) is 0 Å². The summed E-state index contributed by atoms with van der Waals surface area (Å²) >= 11 is 0. The fourth-order valence-corrected chi connectivity index (χ4v) is 4.96. The van der Waals surface area contributed by atoms with E-state index in [4.69, 9.17) is 0 Å². The maximum Gasteiger partial charge on any atom is 0.220 e. The number of piperidine rings is 1. The zero-order valence-corrected chi connectivity index (χ0v) is 17.3. The molecule has 142 valence electrons. The fourth-order valence-electron chi connectivity index (χ4n) is 4.96. The highest BCUT2D eigenvalue weighted by atomic mass is 16.1. The van der Waals surface area contributed by atoms with Crippen molar-refractivity contribution in [1.82, 2.24) is 20.4 Å². The molecule has 0 spiro atoms. The Balaban J connectivity index is 2.01. The van der Waals surface area contributed by atoms with Crippen molar-refractivity contribution in [1.29, 1.82) is 0 Å². The minimum atomic E-state index is -0.00413. The molecule has 0 aromatic carbocycles. The molecule has 0 bridgehead atoms. The minimum absolute atomic E-state index is 0.00413. The standard InChI is InChI=1S/C20H36N4O/c1-9-24-15(4)18(14(3)22-24)13(2)21-17(25)10-16-11-19(5,6)23-20(7,8)12-16/h13,16,23H,9-12H2,1-8H3,(H,21,25). The van der Waals surface area contributed by atoms with Crippen molar-refractivity contribution in [3.63, 3.8) is 0 Å². The molecule has 0 aliphatic carbocycles. The molecule has 1 atom stereocenters. The zero-order valence-electron chi connectivity index (χ0n) is 17.3. The number of carbonyl (C=O) groups excluding carboxylic acids is 1. The van der Waals surface area contributed by atoms with Crippen LogP contribution in [0, 0.1) is 19.8 Å². The monoisotopic (exact) mass is 348 g/mol. The molecule has 1 fully saturated rings. The number of aryl methyl sites for hydroxylation is 2. The molecule has 5 heteroatoms. The Kier molecular flexibility index (Phi) is 5.67. The quantitative estimate of drug-likeness (QED) is 0.854. The maximum atomic E-state index is 12.7. The molecule has 1 unspecified atom stereocenters. The van der Waals surface area contributed by atoms with Crippen LogP contribution in [0.2, 0.25) is 0 Å². The van der Waals surface area contributed by atoms with E-state index in [-0.39, 0.29) is 23.0 Å². The first-order chi connectivity index (χ1) is 11.4. The average molecular weight is 349 g/mol. The van der Waals surface area contributed by atoms with Crippen LogP contribution >= 0.6 is 0 Å². The van der Waals surface area contributed by atoms with Crippen molar-refractivity contribution >= 4 is 5.91 Å². The van der Waals surface area contributed by atoms with Crippen LogP contribution in [0.25, 0.3) is 0 Å². The number of hydrogen-bond donors (Lipinski definition) is 2. The van der Waals surface area contributed by atoms with Crippen molar-refractivity contribution in [3.8, 4) is 0 Å². The van der Waals surface area contributed by atoms with Gasteiger partial charge in [0.05, 0.1) is 11.7 Å². The lowest BCUT2D eigenvalue weighted by Gasteiger charge is -2.46. The second kappa shape index (κ2) is 7.10. The van der Waals surface area contributed by atoms with Gasteiger partial charge in [-0.15, -0.1) is 0 Å². The van der Waals surface area contributed by atoms with Crippen molar-refractivity contribution < 1.29 is 4.79 Å². The number of aromatic nitrogens is 2. The number of nitrogens with one attached hydrogen (secondary N) is 2. The molecule has 0 saturated carbocycles. The van der Waals surface area contributed by atoms with Crippen LogP contribution in [0.4, 0.5) is 0 Å². The lowest BCUT2D eigenvalue weighted by atomic mass is 9.74. The first-order valence-corrected chi connectivity index (χ1v) is 9.56. The SMILES string of the molecule is CCn1nc(C)c(C(C)NC(=O)CC2CC(C)(C)NC(C)(C)C2)c1C. The van der Waals surface area contributed by atoms with E-state index in [9.17, 15) is 4.79 Å². The molecule has 0 radical (unpaired) electrons. The summed E-state index contributed by atoms with van der Waals surface area (Å²) in [6.07, 6.45) is 2.66. The smallest absolute Gasteiger partial charge is 0.220 e. The Bertz CT molecular complexity index is 614. The molecule has 1 aliphatic rings. The van der Waals surface area contributed by atoms with Gasteiger partial charge in [-0.25, -0.2) is 0 Å². The molecule has 1 aromatic heterocycles. The average Bonchev–Trinajstić information content (AvgIpc) is 2.69. The van der Waals surface area contributed by atoms with Gasteiger partial charge >= 0.3 is 0 Å². The van der Waals surface area contributed by atoms with Gasteiger partial charge < -0.3 is 10.6 Å². The predicted octanol–water partition coefficient (Wildman–Crippen LogP) is 3.64. The van der Waals surface area contributed by atoms with Gasteiger partial charge in [-0.3, -0.25) is 9.48 Å². The van der Waals surface area contributed by atoms with E-state index < -0.39 is 0 Å². The van der Waals surface area contributed by atoms with Gasteiger partial charge in [-0.2, -0.15) is 5.10 Å². The number of carbonyl (C=O) groups is 1. The maximum absolute atomic E-state index is 12.7. The van der Waals surface area contributed by atoms with Crippen molar-refractivity contribution in [2.75, 3.05) is 0 Å². The second-order valence-corrected chi connectivity index (χ2v) is 9.06. The van der Waals surface area contributed by atoms with Crippen LogP contribution < -0.4 is 10.6 Å². The highest BCUT2D eigenvalue weighted by Crippen LogP contribution is 2.34. The molecule has 2 rings (SSSR count). The Morgan fingerprint density at radius 1 is 1.28 bits per heavy atom. The number of nitrogens with zero attached hydrogens (tertiary/aromatic N) is 2. The topological polar surface area (TPSA) is 59.0 Å². The fraction of sp³-hybridized carbons (Fsp3) is 0.800. The molecule has 2 heterocycles. The van der Waals surface area contributed by atoms with E-state index in [1.54, 1.807) is 0 Å². The number of amides is 1. The lowest BCUT2D eigenvalue weighted by molar-refractivity contribution is -0.123. The van der Waals surface area contributed by atoms with Crippen LogP contribution in [0.3, 0.4) is 0 Å². The van der Waals surface area contributed by atoms with Crippen molar-refractivity contribution in [2.24, 2.45) is 5.92 Å². The Labute approximate surface area is 152 Å². The third kappa shape index (κ3) is 4.84. The Hall–Kier alpha value is -1.36. The van der Waals surface area contributed by atoms with Gasteiger partial charge in [-0.1, -0.05) is 0 Å². The van der Waals surface area contributed by atoms with E-state index in [1.165, 1.54) is 0 Å². The zero-order chi connectivity index (χ0) is 19.0. The van der Waals surface area contributed by atoms with Crippen molar-refractivity contribution in [2.45, 2.75) is 98.3 Å². The normalized spacial score (nSPS) is 21.1. The molecule has 5 nitrogen and oxygen atoms in total. The molecule has 1 aromatic rings. The summed E-state index contributed by atoms with van der Waals surface area (Å²) in [5, 5.41) is 11.5. The summed E-state index contributed by atoms with van der Waals surface area (Å²) in [7, 11) is 0. The molecule has 25 heavy (non-hydrogen) atoms. The summed E-state index contributed by atoms with van der Waals surface area (Å²) < 4.78 is 2.01. The molecular formula is C20H36N4O. The third-order valence-corrected chi connectivity index (χ3v) is 5.30. The van der Waals surface area contributed by atoms with E-state index in [2.05, 4.69) is 64.2 Å². The molecule has 2 N–H and O–H groups in total. The van der Waals surface area contributed by atoms with Gasteiger partial charge in [0.2, 0.25) is 5.91 Å². The van der Waals surface area contributed by atoms with Gasteiger partial charge in [0.1, 0.15) is 0 Å². The van der Waals surface area contributed by atoms with E-state index in [0.29, 0.717) is 12.3 Å². The third-order valence-electron chi connectivity index (χ3n) is 5.30. The number of hydrogen-bond acceptors (Lipinski definition) is 3. The van der Waals surface area contributed by atoms with E-state index >= 15 is 0 Å². The first kappa shape index (κ1) is 20.0. The minimum Gasteiger partial charge on any atom is -0.349 e. The molecular weight excluding hydrogens is 312 g/mol. The second-order valence-electron chi connectivity index (χ2n) is 9.06. The summed E-state index contributed by atoms with van der Waals surface area (Å²) in [6.45, 7) is 18.0. The van der Waals surface area contributed by atoms with Gasteiger partial charge in [0.25, 0.3) is 0 Å². The van der Waals surface area contributed by atoms with Gasteiger partial charge in [-0.05, 0) is 74.1 Å². The highest BCUT2D eigenvalue weighted by Gasteiger charge is 2.38. The van der Waals surface area contributed by atoms with Gasteiger partial charge in [0, 0.05) is 35.3 Å². The predicted molar refractivity (Wildman–Crippen MR) is 103 cm³/mol. The van der Waals surface area contributed by atoms with Crippen LogP contribution in [-0.4, -0.2) is 26.8 Å². The highest BCUT2D eigenvalue weighted by molar-refractivity contribution is 5.76. The molecule has 1 aliphatic heterocycles. The van der Waals surface area contributed by atoms with Crippen molar-refractivity contribution in [3.05, 3.63) is 17.0 Å². The lowest BCUT2D eigenvalue weighted by Crippen LogP contribution is -2.58.